The molecule has 2 aromatic carbocycles. The minimum atomic E-state index is -0.879. The average Bonchev–Trinajstić information content (AvgIpc) is 3.32. The summed E-state index contributed by atoms with van der Waals surface area (Å²) in [6, 6.07) is 11.0. The Morgan fingerprint density at radius 1 is 0.909 bits per heavy atom. The van der Waals surface area contributed by atoms with Gasteiger partial charge in [-0.25, -0.2) is 19.4 Å². The molecule has 1 aromatic heterocycles. The van der Waals surface area contributed by atoms with Gasteiger partial charge in [0, 0.05) is 0 Å². The van der Waals surface area contributed by atoms with Crippen LogP contribution in [0.25, 0.3) is 6.08 Å². The summed E-state index contributed by atoms with van der Waals surface area (Å²) in [5.74, 6) is -0.573. The quantitative estimate of drug-likeness (QED) is 0.218. The van der Waals surface area contributed by atoms with Crippen LogP contribution in [-0.4, -0.2) is 63.1 Å². The van der Waals surface area contributed by atoms with Gasteiger partial charge < -0.3 is 28.4 Å². The highest BCUT2D eigenvalue weighted by molar-refractivity contribution is 7.07. The fourth-order valence-corrected chi connectivity index (χ4v) is 5.44. The molecule has 3 aromatic rings. The van der Waals surface area contributed by atoms with Crippen LogP contribution in [0.4, 0.5) is 0 Å². The van der Waals surface area contributed by atoms with E-state index in [2.05, 4.69) is 14.5 Å². The predicted octanol–water partition coefficient (Wildman–Crippen LogP) is 2.30. The minimum Gasteiger partial charge on any atom is -0.490 e. The second-order valence-corrected chi connectivity index (χ2v) is 10.2. The lowest BCUT2D eigenvalue weighted by molar-refractivity contribution is -0.143. The lowest BCUT2D eigenvalue weighted by atomic mass is 9.95. The van der Waals surface area contributed by atoms with Crippen LogP contribution in [0.1, 0.15) is 37.9 Å². The van der Waals surface area contributed by atoms with E-state index >= 15 is 0 Å². The number of fused-ring (bicyclic) bond motifs is 1. The number of rotatable bonds is 12. The summed E-state index contributed by atoms with van der Waals surface area (Å²) in [7, 11) is 2.54. The molecule has 0 unspecified atom stereocenters. The normalized spacial score (nSPS) is 14.3. The number of allylic oxidation sites excluding steroid dienone is 1. The van der Waals surface area contributed by atoms with Gasteiger partial charge in [-0.3, -0.25) is 9.36 Å². The Kier molecular flexibility index (Phi) is 10.6. The van der Waals surface area contributed by atoms with Gasteiger partial charge in [0.25, 0.3) is 5.56 Å². The van der Waals surface area contributed by atoms with Crippen LogP contribution in [0, 0.1) is 0 Å². The maximum absolute atomic E-state index is 13.9. The molecule has 0 bridgehead atoms. The number of thiazole rings is 1. The second kappa shape index (κ2) is 14.5. The van der Waals surface area contributed by atoms with Gasteiger partial charge in [0.1, 0.15) is 5.75 Å². The van der Waals surface area contributed by atoms with Crippen LogP contribution >= 0.6 is 11.3 Å². The van der Waals surface area contributed by atoms with Crippen molar-refractivity contribution in [2.75, 3.05) is 40.6 Å². The topological polar surface area (TPSA) is 141 Å². The van der Waals surface area contributed by atoms with Gasteiger partial charge in [-0.1, -0.05) is 29.5 Å². The number of methoxy groups -OCH3 is 2. The first kappa shape index (κ1) is 32.0. The number of esters is 3. The molecule has 0 amide bonds. The van der Waals surface area contributed by atoms with E-state index in [-0.39, 0.29) is 31.0 Å². The number of benzene rings is 2. The van der Waals surface area contributed by atoms with Crippen LogP contribution < -0.4 is 29.1 Å². The molecule has 232 valence electrons. The highest BCUT2D eigenvalue weighted by Gasteiger charge is 2.34. The number of hydrogen-bond acceptors (Lipinski definition) is 12. The summed E-state index contributed by atoms with van der Waals surface area (Å²) in [5, 5.41) is 0. The third-order valence-corrected chi connectivity index (χ3v) is 7.42. The molecule has 1 aliphatic rings. The van der Waals surface area contributed by atoms with E-state index in [1.165, 1.54) is 30.1 Å². The van der Waals surface area contributed by atoms with Crippen LogP contribution in [0.15, 0.2) is 63.5 Å². The average molecular weight is 625 g/mol. The molecule has 0 saturated heterocycles. The molecule has 0 saturated carbocycles. The number of carbonyl (C=O) groups is 3. The molecule has 0 aliphatic carbocycles. The zero-order valence-electron chi connectivity index (χ0n) is 24.9. The molecule has 4 rings (SSSR count). The second-order valence-electron chi connectivity index (χ2n) is 9.24. The molecule has 0 radical (unpaired) electrons. The Morgan fingerprint density at radius 2 is 1.59 bits per heavy atom. The van der Waals surface area contributed by atoms with E-state index in [0.29, 0.717) is 50.0 Å². The standard InChI is InChI=1S/C31H32N2O10S/c1-6-40-23-15-20(10-13-22(23)43-17-26(35)39-5)28-27(30(37)41-7-2)18(3)32-31-33(28)29(36)24(44-31)14-19-8-11-21(12-9-19)42-16-25(34)38-4/h8-15,28H,6-7,16-17H2,1-5H3/b24-14-/t28-/m0/s1. The van der Waals surface area contributed by atoms with Gasteiger partial charge in [-0.2, -0.15) is 0 Å². The zero-order chi connectivity index (χ0) is 31.8. The summed E-state index contributed by atoms with van der Waals surface area (Å²) in [5.41, 5.74) is 1.53. The molecule has 0 N–H and O–H groups in total. The van der Waals surface area contributed by atoms with Gasteiger partial charge >= 0.3 is 17.9 Å². The summed E-state index contributed by atoms with van der Waals surface area (Å²) >= 11 is 1.18. The summed E-state index contributed by atoms with van der Waals surface area (Å²) in [6.07, 6.45) is 1.71. The molecule has 2 heterocycles. The van der Waals surface area contributed by atoms with Crippen molar-refractivity contribution < 1.29 is 42.8 Å². The third-order valence-electron chi connectivity index (χ3n) is 6.44. The molecule has 44 heavy (non-hydrogen) atoms. The minimum absolute atomic E-state index is 0.136. The number of ether oxygens (including phenoxy) is 6. The maximum Gasteiger partial charge on any atom is 0.343 e. The highest BCUT2D eigenvalue weighted by Crippen LogP contribution is 2.36. The number of nitrogens with zero attached hydrogens (tertiary/aromatic N) is 2. The van der Waals surface area contributed by atoms with Gasteiger partial charge in [-0.05, 0) is 62.2 Å². The molecule has 1 atom stereocenters. The lowest BCUT2D eigenvalue weighted by Gasteiger charge is -2.25. The van der Waals surface area contributed by atoms with E-state index < -0.39 is 23.9 Å². The van der Waals surface area contributed by atoms with Crippen molar-refractivity contribution in [2.45, 2.75) is 26.8 Å². The van der Waals surface area contributed by atoms with Gasteiger partial charge in [0.05, 0.1) is 49.3 Å². The van der Waals surface area contributed by atoms with E-state index in [0.717, 1.165) is 0 Å². The molecule has 0 spiro atoms. The van der Waals surface area contributed by atoms with Gasteiger partial charge in [0.15, 0.2) is 29.5 Å². The van der Waals surface area contributed by atoms with E-state index in [1.54, 1.807) is 69.3 Å². The Bertz CT molecular complexity index is 1750. The molecular formula is C31H32N2O10S. The van der Waals surface area contributed by atoms with E-state index in [4.69, 9.17) is 18.9 Å². The molecule has 1 aliphatic heterocycles. The van der Waals surface area contributed by atoms with Crippen molar-refractivity contribution in [1.29, 1.82) is 0 Å². The van der Waals surface area contributed by atoms with Gasteiger partial charge in [0.2, 0.25) is 0 Å². The first-order valence-electron chi connectivity index (χ1n) is 13.7. The predicted molar refractivity (Wildman–Crippen MR) is 159 cm³/mol. The number of aromatic nitrogens is 1. The van der Waals surface area contributed by atoms with Crippen molar-refractivity contribution in [2.24, 2.45) is 4.99 Å². The van der Waals surface area contributed by atoms with Crippen molar-refractivity contribution in [3.63, 3.8) is 0 Å². The van der Waals surface area contributed by atoms with Crippen LogP contribution in [0.5, 0.6) is 17.2 Å². The summed E-state index contributed by atoms with van der Waals surface area (Å²) < 4.78 is 33.2. The van der Waals surface area contributed by atoms with Gasteiger partial charge in [-0.15, -0.1) is 0 Å². The van der Waals surface area contributed by atoms with Crippen molar-refractivity contribution >= 4 is 35.3 Å². The lowest BCUT2D eigenvalue weighted by Crippen LogP contribution is -2.40. The van der Waals surface area contributed by atoms with Crippen molar-refractivity contribution in [3.8, 4) is 17.2 Å². The number of hydrogen-bond donors (Lipinski definition) is 0. The Labute approximate surface area is 256 Å². The fraction of sp³-hybridized carbons (Fsp3) is 0.323. The number of carbonyl (C=O) groups excluding carboxylic acids is 3. The Balaban J connectivity index is 1.80. The van der Waals surface area contributed by atoms with Crippen LogP contribution in [0.3, 0.4) is 0 Å². The molecular weight excluding hydrogens is 592 g/mol. The molecule has 13 heteroatoms. The first-order chi connectivity index (χ1) is 21.2. The SMILES string of the molecule is CCOC(=O)C1=C(C)N=c2s/c(=C\c3ccc(OCC(=O)OC)cc3)c(=O)n2[C@H]1c1ccc(OCC(=O)OC)c(OCC)c1. The molecule has 0 fully saturated rings. The van der Waals surface area contributed by atoms with Crippen molar-refractivity contribution in [3.05, 3.63) is 84.5 Å². The third kappa shape index (κ3) is 7.17. The smallest absolute Gasteiger partial charge is 0.343 e. The fourth-order valence-electron chi connectivity index (χ4n) is 4.40. The van der Waals surface area contributed by atoms with E-state index in [1.807, 2.05) is 0 Å². The van der Waals surface area contributed by atoms with Crippen molar-refractivity contribution in [1.82, 2.24) is 4.57 Å². The summed E-state index contributed by atoms with van der Waals surface area (Å²) in [6.45, 7) is 5.08. The maximum atomic E-state index is 13.9. The van der Waals surface area contributed by atoms with Crippen LogP contribution in [0.2, 0.25) is 0 Å². The largest absolute Gasteiger partial charge is 0.490 e. The summed E-state index contributed by atoms with van der Waals surface area (Å²) in [4.78, 5) is 55.2. The Hall–Kier alpha value is -4.91. The monoisotopic (exact) mass is 624 g/mol. The van der Waals surface area contributed by atoms with Crippen LogP contribution in [-0.2, 0) is 28.6 Å². The first-order valence-corrected chi connectivity index (χ1v) is 14.5. The highest BCUT2D eigenvalue weighted by atomic mass is 32.1. The Morgan fingerprint density at radius 3 is 2.23 bits per heavy atom. The van der Waals surface area contributed by atoms with E-state index in [9.17, 15) is 19.2 Å². The zero-order valence-corrected chi connectivity index (χ0v) is 25.7. The molecule has 12 nitrogen and oxygen atoms in total.